The number of hydrogen-bond donors (Lipinski definition) is 2. The summed E-state index contributed by atoms with van der Waals surface area (Å²) in [5.41, 5.74) is 2.16. The second-order valence-electron chi connectivity index (χ2n) is 5.77. The summed E-state index contributed by atoms with van der Waals surface area (Å²) in [5.74, 6) is 2.94. The predicted molar refractivity (Wildman–Crippen MR) is 110 cm³/mol. The van der Waals surface area contributed by atoms with E-state index in [2.05, 4.69) is 10.6 Å². The molecule has 0 saturated carbocycles. The molecule has 2 aromatic carbocycles. The molecule has 0 atom stereocenters. The normalized spacial score (nSPS) is 10.1. The van der Waals surface area contributed by atoms with Crippen molar-refractivity contribution >= 4 is 17.3 Å². The second kappa shape index (κ2) is 10.5. The van der Waals surface area contributed by atoms with Gasteiger partial charge in [-0.1, -0.05) is 6.07 Å². The molecule has 0 heterocycles. The van der Waals surface area contributed by atoms with Crippen LogP contribution in [-0.2, 0) is 13.0 Å². The van der Waals surface area contributed by atoms with E-state index in [-0.39, 0.29) is 0 Å². The number of thiocarbonyl (C=S) groups is 1. The molecule has 0 bridgehead atoms. The lowest BCUT2D eigenvalue weighted by molar-refractivity contribution is 0.354. The average Bonchev–Trinajstić information content (AvgIpc) is 2.71. The van der Waals surface area contributed by atoms with Gasteiger partial charge in [0.25, 0.3) is 0 Å². The first-order valence-corrected chi connectivity index (χ1v) is 8.95. The van der Waals surface area contributed by atoms with E-state index < -0.39 is 0 Å². The predicted octanol–water partition coefficient (Wildman–Crippen LogP) is 2.93. The summed E-state index contributed by atoms with van der Waals surface area (Å²) >= 11 is 5.35. The molecule has 2 aromatic rings. The van der Waals surface area contributed by atoms with Gasteiger partial charge >= 0.3 is 0 Å². The lowest BCUT2D eigenvalue weighted by atomic mass is 10.1. The van der Waals surface area contributed by atoms with Crippen LogP contribution in [0.1, 0.15) is 11.1 Å². The Kier molecular flexibility index (Phi) is 8.00. The summed E-state index contributed by atoms with van der Waals surface area (Å²) in [5, 5.41) is 7.00. The number of benzene rings is 2. The van der Waals surface area contributed by atoms with Crippen LogP contribution in [-0.4, -0.2) is 40.1 Å². The lowest BCUT2D eigenvalue weighted by Gasteiger charge is -2.13. The number of ether oxygens (including phenoxy) is 4. The van der Waals surface area contributed by atoms with E-state index in [1.807, 2.05) is 36.4 Å². The van der Waals surface area contributed by atoms with Gasteiger partial charge in [0.2, 0.25) is 0 Å². The minimum atomic E-state index is 0.579. The molecule has 146 valence electrons. The Hall–Kier alpha value is -2.67. The van der Waals surface area contributed by atoms with Crippen molar-refractivity contribution in [1.82, 2.24) is 10.6 Å². The van der Waals surface area contributed by atoms with Gasteiger partial charge < -0.3 is 29.6 Å². The standard InChI is InChI=1S/C20H26N2O4S/c1-23-16-9-15(10-17(12-16)24-2)13-22-20(27)21-8-7-14-5-6-18(25-3)19(11-14)26-4/h5-6,9-12H,7-8,13H2,1-4H3,(H2,21,22,27). The van der Waals surface area contributed by atoms with Gasteiger partial charge in [0.05, 0.1) is 28.4 Å². The summed E-state index contributed by atoms with van der Waals surface area (Å²) in [4.78, 5) is 0. The molecule has 0 aliphatic heterocycles. The van der Waals surface area contributed by atoms with Crippen LogP contribution in [0.25, 0.3) is 0 Å². The maximum atomic E-state index is 5.35. The maximum absolute atomic E-state index is 5.35. The lowest BCUT2D eigenvalue weighted by Crippen LogP contribution is -2.35. The Labute approximate surface area is 165 Å². The summed E-state index contributed by atoms with van der Waals surface area (Å²) in [7, 11) is 6.52. The Morgan fingerprint density at radius 3 is 2.04 bits per heavy atom. The van der Waals surface area contributed by atoms with Gasteiger partial charge in [-0.25, -0.2) is 0 Å². The van der Waals surface area contributed by atoms with Crippen LogP contribution < -0.4 is 29.6 Å². The summed E-state index contributed by atoms with van der Waals surface area (Å²) < 4.78 is 21.1. The quantitative estimate of drug-likeness (QED) is 0.639. The molecule has 6 nitrogen and oxygen atoms in total. The highest BCUT2D eigenvalue weighted by atomic mass is 32.1. The minimum absolute atomic E-state index is 0.579. The first-order chi connectivity index (χ1) is 13.1. The zero-order valence-electron chi connectivity index (χ0n) is 16.1. The molecular formula is C20H26N2O4S. The molecule has 0 aromatic heterocycles. The first-order valence-electron chi connectivity index (χ1n) is 8.54. The van der Waals surface area contributed by atoms with Crippen LogP contribution in [0.4, 0.5) is 0 Å². The molecule has 2 N–H and O–H groups in total. The number of hydrogen-bond acceptors (Lipinski definition) is 5. The summed E-state index contributed by atoms with van der Waals surface area (Å²) in [6.45, 7) is 1.29. The van der Waals surface area contributed by atoms with Crippen LogP contribution in [0.5, 0.6) is 23.0 Å². The average molecular weight is 391 g/mol. The third kappa shape index (κ3) is 6.21. The molecule has 0 aliphatic carbocycles. The molecule has 0 spiro atoms. The minimum Gasteiger partial charge on any atom is -0.497 e. The number of rotatable bonds is 9. The second-order valence-corrected chi connectivity index (χ2v) is 6.18. The van der Waals surface area contributed by atoms with Gasteiger partial charge in [-0.05, 0) is 54.0 Å². The molecule has 0 fully saturated rings. The topological polar surface area (TPSA) is 61.0 Å². The van der Waals surface area contributed by atoms with Gasteiger partial charge in [-0.2, -0.15) is 0 Å². The largest absolute Gasteiger partial charge is 0.497 e. The van der Waals surface area contributed by atoms with E-state index in [0.717, 1.165) is 40.5 Å². The van der Waals surface area contributed by atoms with Crippen molar-refractivity contribution in [3.63, 3.8) is 0 Å². The van der Waals surface area contributed by atoms with E-state index in [1.54, 1.807) is 28.4 Å². The Bertz CT molecular complexity index is 745. The maximum Gasteiger partial charge on any atom is 0.166 e. The van der Waals surface area contributed by atoms with E-state index in [4.69, 9.17) is 31.2 Å². The van der Waals surface area contributed by atoms with Gasteiger partial charge in [-0.15, -0.1) is 0 Å². The highest BCUT2D eigenvalue weighted by Gasteiger charge is 2.05. The molecule has 0 radical (unpaired) electrons. The highest BCUT2D eigenvalue weighted by Crippen LogP contribution is 2.27. The fourth-order valence-corrected chi connectivity index (χ4v) is 2.74. The van der Waals surface area contributed by atoms with Crippen molar-refractivity contribution in [2.75, 3.05) is 35.0 Å². The van der Waals surface area contributed by atoms with Crippen LogP contribution >= 0.6 is 12.2 Å². The summed E-state index contributed by atoms with van der Waals surface area (Å²) in [6.07, 6.45) is 0.815. The molecular weight excluding hydrogens is 364 g/mol. The molecule has 2 rings (SSSR count). The summed E-state index contributed by atoms with van der Waals surface area (Å²) in [6, 6.07) is 11.6. The SMILES string of the molecule is COc1cc(CNC(=S)NCCc2ccc(OC)c(OC)c2)cc(OC)c1. The van der Waals surface area contributed by atoms with E-state index >= 15 is 0 Å². The Morgan fingerprint density at radius 2 is 1.44 bits per heavy atom. The van der Waals surface area contributed by atoms with Gasteiger partial charge in [-0.3, -0.25) is 0 Å². The molecule has 0 unspecified atom stereocenters. The third-order valence-electron chi connectivity index (χ3n) is 4.01. The smallest absolute Gasteiger partial charge is 0.166 e. The molecule has 0 amide bonds. The zero-order valence-corrected chi connectivity index (χ0v) is 16.9. The fourth-order valence-electron chi connectivity index (χ4n) is 2.57. The Balaban J connectivity index is 1.81. The molecule has 7 heteroatoms. The molecule has 0 saturated heterocycles. The van der Waals surface area contributed by atoms with Crippen molar-refractivity contribution in [2.45, 2.75) is 13.0 Å². The number of nitrogens with one attached hydrogen (secondary N) is 2. The molecule has 0 aliphatic rings. The van der Waals surface area contributed by atoms with Crippen LogP contribution in [0.15, 0.2) is 36.4 Å². The van der Waals surface area contributed by atoms with E-state index in [1.165, 1.54) is 0 Å². The third-order valence-corrected chi connectivity index (χ3v) is 4.30. The van der Waals surface area contributed by atoms with Crippen LogP contribution in [0.3, 0.4) is 0 Å². The fraction of sp³-hybridized carbons (Fsp3) is 0.350. The van der Waals surface area contributed by atoms with Crippen molar-refractivity contribution in [1.29, 1.82) is 0 Å². The highest BCUT2D eigenvalue weighted by molar-refractivity contribution is 7.80. The molecule has 27 heavy (non-hydrogen) atoms. The first kappa shape index (κ1) is 20.6. The van der Waals surface area contributed by atoms with Crippen LogP contribution in [0.2, 0.25) is 0 Å². The monoisotopic (exact) mass is 390 g/mol. The van der Waals surface area contributed by atoms with E-state index in [9.17, 15) is 0 Å². The van der Waals surface area contributed by atoms with Gasteiger partial charge in [0.1, 0.15) is 11.5 Å². The Morgan fingerprint density at radius 1 is 0.778 bits per heavy atom. The zero-order chi connectivity index (χ0) is 19.6. The van der Waals surface area contributed by atoms with E-state index in [0.29, 0.717) is 18.2 Å². The van der Waals surface area contributed by atoms with Crippen molar-refractivity contribution in [3.8, 4) is 23.0 Å². The van der Waals surface area contributed by atoms with Crippen molar-refractivity contribution in [3.05, 3.63) is 47.5 Å². The van der Waals surface area contributed by atoms with Crippen molar-refractivity contribution < 1.29 is 18.9 Å². The van der Waals surface area contributed by atoms with Gasteiger partial charge in [0.15, 0.2) is 16.6 Å². The van der Waals surface area contributed by atoms with Gasteiger partial charge in [0, 0.05) is 19.2 Å². The number of methoxy groups -OCH3 is 4. The van der Waals surface area contributed by atoms with Crippen molar-refractivity contribution in [2.24, 2.45) is 0 Å². The van der Waals surface area contributed by atoms with Crippen LogP contribution in [0, 0.1) is 0 Å².